The van der Waals surface area contributed by atoms with Gasteiger partial charge in [0, 0.05) is 38.9 Å². The second kappa shape index (κ2) is 7.77. The maximum Gasteiger partial charge on any atom is 0.273 e. The molecule has 5 heteroatoms. The number of aromatic nitrogens is 1. The van der Waals surface area contributed by atoms with Crippen molar-refractivity contribution in [2.45, 2.75) is 25.3 Å². The van der Waals surface area contributed by atoms with Crippen molar-refractivity contribution in [1.82, 2.24) is 9.88 Å². The standard InChI is InChI=1S/C16H20N2O3/c1-18(14-7-11-21-12-8-14)16(20)15-13(5-2-3-10-19)6-4-9-17-15/h4,6,9,14,19H,3,7-8,10-12H2,1H3. The number of pyridine rings is 1. The second-order valence-corrected chi connectivity index (χ2v) is 4.93. The fraction of sp³-hybridized carbons (Fsp3) is 0.500. The lowest BCUT2D eigenvalue weighted by Crippen LogP contribution is -2.41. The molecule has 1 saturated heterocycles. The van der Waals surface area contributed by atoms with Gasteiger partial charge in [-0.15, -0.1) is 0 Å². The van der Waals surface area contributed by atoms with Crippen molar-refractivity contribution in [3.63, 3.8) is 0 Å². The molecule has 0 bridgehead atoms. The van der Waals surface area contributed by atoms with E-state index in [1.165, 1.54) is 0 Å². The third-order valence-electron chi connectivity index (χ3n) is 3.53. The molecular formula is C16H20N2O3. The number of carbonyl (C=O) groups excluding carboxylic acids is 1. The van der Waals surface area contributed by atoms with Gasteiger partial charge in [-0.05, 0) is 25.0 Å². The lowest BCUT2D eigenvalue weighted by atomic mass is 10.1. The van der Waals surface area contributed by atoms with Crippen molar-refractivity contribution >= 4 is 5.91 Å². The molecule has 1 aromatic rings. The van der Waals surface area contributed by atoms with E-state index in [0.717, 1.165) is 12.8 Å². The summed E-state index contributed by atoms with van der Waals surface area (Å²) in [5, 5.41) is 8.78. The van der Waals surface area contributed by atoms with Gasteiger partial charge < -0.3 is 14.7 Å². The summed E-state index contributed by atoms with van der Waals surface area (Å²) >= 11 is 0. The van der Waals surface area contributed by atoms with Gasteiger partial charge in [-0.25, -0.2) is 4.98 Å². The maximum atomic E-state index is 12.6. The number of aliphatic hydroxyl groups excluding tert-OH is 1. The summed E-state index contributed by atoms with van der Waals surface area (Å²) in [6.07, 6.45) is 3.68. The van der Waals surface area contributed by atoms with E-state index in [4.69, 9.17) is 9.84 Å². The van der Waals surface area contributed by atoms with E-state index in [1.54, 1.807) is 30.3 Å². The molecule has 0 atom stereocenters. The topological polar surface area (TPSA) is 62.7 Å². The fourth-order valence-electron chi connectivity index (χ4n) is 2.30. The highest BCUT2D eigenvalue weighted by Crippen LogP contribution is 2.16. The van der Waals surface area contributed by atoms with Crippen molar-refractivity contribution in [1.29, 1.82) is 0 Å². The number of hydrogen-bond donors (Lipinski definition) is 1. The molecular weight excluding hydrogens is 268 g/mol. The Bertz CT molecular complexity index is 542. The molecule has 2 rings (SSSR count). The van der Waals surface area contributed by atoms with Crippen LogP contribution in [0.4, 0.5) is 0 Å². The monoisotopic (exact) mass is 288 g/mol. The molecule has 1 amide bonds. The van der Waals surface area contributed by atoms with Crippen LogP contribution in [-0.4, -0.2) is 53.8 Å². The minimum Gasteiger partial charge on any atom is -0.395 e. The van der Waals surface area contributed by atoms with Gasteiger partial charge in [0.05, 0.1) is 12.2 Å². The number of hydrogen-bond acceptors (Lipinski definition) is 4. The van der Waals surface area contributed by atoms with Crippen molar-refractivity contribution < 1.29 is 14.6 Å². The first-order chi connectivity index (χ1) is 10.2. The number of rotatable bonds is 3. The predicted molar refractivity (Wildman–Crippen MR) is 78.8 cm³/mol. The van der Waals surface area contributed by atoms with E-state index >= 15 is 0 Å². The third kappa shape index (κ3) is 4.03. The van der Waals surface area contributed by atoms with Crippen LogP contribution < -0.4 is 0 Å². The van der Waals surface area contributed by atoms with Crippen molar-refractivity contribution in [3.8, 4) is 11.8 Å². The van der Waals surface area contributed by atoms with Crippen LogP contribution >= 0.6 is 0 Å². The number of aliphatic hydroxyl groups is 1. The van der Waals surface area contributed by atoms with Crippen LogP contribution in [0.5, 0.6) is 0 Å². The van der Waals surface area contributed by atoms with Gasteiger partial charge in [0.15, 0.2) is 0 Å². The molecule has 2 heterocycles. The molecule has 0 unspecified atom stereocenters. The molecule has 21 heavy (non-hydrogen) atoms. The summed E-state index contributed by atoms with van der Waals surface area (Å²) in [7, 11) is 1.80. The van der Waals surface area contributed by atoms with Gasteiger partial charge in [0.2, 0.25) is 0 Å². The largest absolute Gasteiger partial charge is 0.395 e. The SMILES string of the molecule is CN(C(=O)c1ncccc1C#CCCO)C1CCOCC1. The average molecular weight is 288 g/mol. The zero-order chi connectivity index (χ0) is 15.1. The summed E-state index contributed by atoms with van der Waals surface area (Å²) in [6, 6.07) is 3.72. The number of carbonyl (C=O) groups is 1. The number of ether oxygens (including phenoxy) is 1. The first-order valence-electron chi connectivity index (χ1n) is 7.13. The van der Waals surface area contributed by atoms with E-state index in [1.807, 2.05) is 0 Å². The van der Waals surface area contributed by atoms with Crippen molar-refractivity contribution in [3.05, 3.63) is 29.6 Å². The molecule has 0 radical (unpaired) electrons. The summed E-state index contributed by atoms with van der Waals surface area (Å²) in [5.41, 5.74) is 0.979. The van der Waals surface area contributed by atoms with Gasteiger partial charge in [-0.3, -0.25) is 4.79 Å². The predicted octanol–water partition coefficient (Wildman–Crippen LogP) is 1.07. The lowest BCUT2D eigenvalue weighted by molar-refractivity contribution is 0.0358. The van der Waals surface area contributed by atoms with Crippen LogP contribution in [-0.2, 0) is 4.74 Å². The molecule has 0 saturated carbocycles. The first-order valence-corrected chi connectivity index (χ1v) is 7.13. The molecule has 112 valence electrons. The Labute approximate surface area is 124 Å². The summed E-state index contributed by atoms with van der Waals surface area (Å²) < 4.78 is 5.32. The highest BCUT2D eigenvalue weighted by molar-refractivity contribution is 5.94. The highest BCUT2D eigenvalue weighted by Gasteiger charge is 2.25. The fourth-order valence-corrected chi connectivity index (χ4v) is 2.30. The average Bonchev–Trinajstić information content (AvgIpc) is 2.55. The van der Waals surface area contributed by atoms with Gasteiger partial charge in [0.25, 0.3) is 5.91 Å². The van der Waals surface area contributed by atoms with Crippen LogP contribution in [0.2, 0.25) is 0 Å². The van der Waals surface area contributed by atoms with Crippen LogP contribution in [0.3, 0.4) is 0 Å². The molecule has 1 aliphatic rings. The second-order valence-electron chi connectivity index (χ2n) is 4.93. The Kier molecular flexibility index (Phi) is 5.73. The molecule has 1 aromatic heterocycles. The van der Waals surface area contributed by atoms with E-state index < -0.39 is 0 Å². The molecule has 0 aliphatic carbocycles. The van der Waals surface area contributed by atoms with Crippen LogP contribution in [0.1, 0.15) is 35.3 Å². The lowest BCUT2D eigenvalue weighted by Gasteiger charge is -2.31. The van der Waals surface area contributed by atoms with Crippen LogP contribution in [0, 0.1) is 11.8 Å². The number of nitrogens with zero attached hydrogens (tertiary/aromatic N) is 2. The van der Waals surface area contributed by atoms with Crippen molar-refractivity contribution in [2.75, 3.05) is 26.9 Å². The normalized spacial score (nSPS) is 15.1. The molecule has 5 nitrogen and oxygen atoms in total. The molecule has 1 aliphatic heterocycles. The van der Waals surface area contributed by atoms with E-state index in [0.29, 0.717) is 30.9 Å². The summed E-state index contributed by atoms with van der Waals surface area (Å²) in [5.74, 6) is 5.63. The summed E-state index contributed by atoms with van der Waals surface area (Å²) in [4.78, 5) is 18.5. The Balaban J connectivity index is 2.16. The van der Waals surface area contributed by atoms with Crippen LogP contribution in [0.15, 0.2) is 18.3 Å². The Morgan fingerprint density at radius 1 is 1.52 bits per heavy atom. The molecule has 0 aromatic carbocycles. The Morgan fingerprint density at radius 2 is 2.29 bits per heavy atom. The van der Waals surface area contributed by atoms with E-state index in [9.17, 15) is 4.79 Å². The zero-order valence-electron chi connectivity index (χ0n) is 12.2. The first kappa shape index (κ1) is 15.5. The van der Waals surface area contributed by atoms with Gasteiger partial charge in [-0.2, -0.15) is 0 Å². The Morgan fingerprint density at radius 3 is 3.00 bits per heavy atom. The minimum absolute atomic E-state index is 0.0124. The number of amides is 1. The highest BCUT2D eigenvalue weighted by atomic mass is 16.5. The van der Waals surface area contributed by atoms with Crippen LogP contribution in [0.25, 0.3) is 0 Å². The minimum atomic E-state index is -0.115. The quantitative estimate of drug-likeness (QED) is 0.845. The van der Waals surface area contributed by atoms with E-state index in [-0.39, 0.29) is 18.6 Å². The molecule has 1 N–H and O–H groups in total. The maximum absolute atomic E-state index is 12.6. The smallest absolute Gasteiger partial charge is 0.273 e. The molecule has 1 fully saturated rings. The Hall–Kier alpha value is -1.90. The molecule has 0 spiro atoms. The van der Waals surface area contributed by atoms with E-state index in [2.05, 4.69) is 16.8 Å². The third-order valence-corrected chi connectivity index (χ3v) is 3.53. The zero-order valence-corrected chi connectivity index (χ0v) is 12.2. The van der Waals surface area contributed by atoms with Crippen molar-refractivity contribution in [2.24, 2.45) is 0 Å². The van der Waals surface area contributed by atoms with Gasteiger partial charge in [0.1, 0.15) is 5.69 Å². The van der Waals surface area contributed by atoms with Gasteiger partial charge >= 0.3 is 0 Å². The van der Waals surface area contributed by atoms with Gasteiger partial charge in [-0.1, -0.05) is 11.8 Å². The summed E-state index contributed by atoms with van der Waals surface area (Å²) in [6.45, 7) is 1.39.